The summed E-state index contributed by atoms with van der Waals surface area (Å²) in [7, 11) is 1.90. The van der Waals surface area contributed by atoms with Crippen LogP contribution in [0.1, 0.15) is 32.8 Å². The second-order valence-electron chi connectivity index (χ2n) is 5.46. The Balaban J connectivity index is 2.70. The van der Waals surface area contributed by atoms with E-state index in [0.29, 0.717) is 12.0 Å². The molecule has 0 heterocycles. The Kier molecular flexibility index (Phi) is 4.63. The van der Waals surface area contributed by atoms with Gasteiger partial charge in [-0.1, -0.05) is 32.9 Å². The van der Waals surface area contributed by atoms with E-state index in [1.807, 2.05) is 7.05 Å². The first-order valence-corrected chi connectivity index (χ1v) is 5.96. The molecular weight excluding hydrogens is 220 g/mol. The summed E-state index contributed by atoms with van der Waals surface area (Å²) >= 11 is 0. The van der Waals surface area contributed by atoms with E-state index >= 15 is 0 Å². The minimum absolute atomic E-state index is 0.110. The fraction of sp³-hybridized carbons (Fsp3) is 0.571. The maximum Gasteiger partial charge on any atom is 0.162 e. The number of halogens is 2. The lowest BCUT2D eigenvalue weighted by Crippen LogP contribution is -2.38. The molecule has 0 fully saturated rings. The van der Waals surface area contributed by atoms with Crippen molar-refractivity contribution in [2.24, 2.45) is 5.41 Å². The Hall–Kier alpha value is -0.960. The lowest BCUT2D eigenvalue weighted by atomic mass is 9.83. The molecule has 1 unspecified atom stereocenters. The van der Waals surface area contributed by atoms with Crippen molar-refractivity contribution < 1.29 is 8.78 Å². The van der Waals surface area contributed by atoms with Gasteiger partial charge in [0.15, 0.2) is 11.6 Å². The van der Waals surface area contributed by atoms with Gasteiger partial charge in [0.1, 0.15) is 0 Å². The maximum atomic E-state index is 13.5. The van der Waals surface area contributed by atoms with Gasteiger partial charge in [-0.15, -0.1) is 0 Å². The van der Waals surface area contributed by atoms with E-state index < -0.39 is 11.6 Å². The van der Waals surface area contributed by atoms with Crippen LogP contribution < -0.4 is 5.32 Å². The molecule has 96 valence electrons. The highest BCUT2D eigenvalue weighted by molar-refractivity contribution is 5.19. The van der Waals surface area contributed by atoms with Crippen LogP contribution >= 0.6 is 0 Å². The van der Waals surface area contributed by atoms with E-state index in [1.165, 1.54) is 0 Å². The van der Waals surface area contributed by atoms with Crippen LogP contribution in [0, 0.1) is 17.0 Å². The van der Waals surface area contributed by atoms with Crippen LogP contribution in [-0.2, 0) is 6.42 Å². The lowest BCUT2D eigenvalue weighted by molar-refractivity contribution is 0.267. The van der Waals surface area contributed by atoms with Crippen LogP contribution in [0.2, 0.25) is 0 Å². The van der Waals surface area contributed by atoms with E-state index in [-0.39, 0.29) is 11.5 Å². The molecule has 0 aliphatic rings. The molecule has 1 N–H and O–H groups in total. The highest BCUT2D eigenvalue weighted by atomic mass is 19.2. The normalized spacial score (nSPS) is 13.8. The zero-order chi connectivity index (χ0) is 13.1. The Morgan fingerprint density at radius 3 is 2.41 bits per heavy atom. The first kappa shape index (κ1) is 14.1. The van der Waals surface area contributed by atoms with Crippen molar-refractivity contribution in [3.8, 4) is 0 Å². The Bertz CT molecular complexity index is 369. The molecule has 0 bridgehead atoms. The molecule has 0 spiro atoms. The van der Waals surface area contributed by atoms with Gasteiger partial charge in [-0.2, -0.15) is 0 Å². The Labute approximate surface area is 102 Å². The predicted octanol–water partition coefficient (Wildman–Crippen LogP) is 3.53. The lowest BCUT2D eigenvalue weighted by Gasteiger charge is -2.30. The number of nitrogens with one attached hydrogen (secondary N) is 1. The topological polar surface area (TPSA) is 12.0 Å². The minimum Gasteiger partial charge on any atom is -0.316 e. The van der Waals surface area contributed by atoms with Crippen LogP contribution in [-0.4, -0.2) is 13.1 Å². The summed E-state index contributed by atoms with van der Waals surface area (Å²) in [6.45, 7) is 6.41. The van der Waals surface area contributed by atoms with E-state index in [0.717, 1.165) is 12.5 Å². The van der Waals surface area contributed by atoms with Crippen LogP contribution in [0.15, 0.2) is 18.2 Å². The molecule has 1 nitrogen and oxygen atoms in total. The standard InChI is InChI=1S/C14H21F2N/c1-14(2,3)12(17-4)9-8-10-6-5-7-11(15)13(10)16/h5-7,12,17H,8-9H2,1-4H3. The quantitative estimate of drug-likeness (QED) is 0.850. The molecule has 1 atom stereocenters. The van der Waals surface area contributed by atoms with E-state index in [4.69, 9.17) is 0 Å². The van der Waals surface area contributed by atoms with Crippen molar-refractivity contribution in [1.82, 2.24) is 5.32 Å². The van der Waals surface area contributed by atoms with Crippen molar-refractivity contribution in [3.63, 3.8) is 0 Å². The van der Waals surface area contributed by atoms with Gasteiger partial charge in [-0.3, -0.25) is 0 Å². The zero-order valence-electron chi connectivity index (χ0n) is 11.0. The van der Waals surface area contributed by atoms with E-state index in [1.54, 1.807) is 12.1 Å². The van der Waals surface area contributed by atoms with Gasteiger partial charge >= 0.3 is 0 Å². The van der Waals surface area contributed by atoms with Crippen LogP contribution in [0.4, 0.5) is 8.78 Å². The van der Waals surface area contributed by atoms with Gasteiger partial charge in [0.2, 0.25) is 0 Å². The molecule has 0 aliphatic carbocycles. The molecule has 1 aromatic carbocycles. The fourth-order valence-electron chi connectivity index (χ4n) is 2.05. The molecule has 3 heteroatoms. The third-order valence-electron chi connectivity index (χ3n) is 3.13. The van der Waals surface area contributed by atoms with Crippen molar-refractivity contribution in [3.05, 3.63) is 35.4 Å². The summed E-state index contributed by atoms with van der Waals surface area (Å²) in [5.74, 6) is -1.48. The summed E-state index contributed by atoms with van der Waals surface area (Å²) < 4.78 is 26.5. The highest BCUT2D eigenvalue weighted by Gasteiger charge is 2.23. The summed E-state index contributed by atoms with van der Waals surface area (Å²) in [5.41, 5.74) is 0.563. The van der Waals surface area contributed by atoms with Crippen LogP contribution in [0.25, 0.3) is 0 Å². The number of hydrogen-bond acceptors (Lipinski definition) is 1. The Morgan fingerprint density at radius 1 is 1.24 bits per heavy atom. The third-order valence-corrected chi connectivity index (χ3v) is 3.13. The third kappa shape index (κ3) is 3.77. The maximum absolute atomic E-state index is 13.5. The van der Waals surface area contributed by atoms with E-state index in [2.05, 4.69) is 26.1 Å². The average molecular weight is 241 g/mol. The van der Waals surface area contributed by atoms with Crippen molar-refractivity contribution >= 4 is 0 Å². The molecule has 0 radical (unpaired) electrons. The van der Waals surface area contributed by atoms with Gasteiger partial charge < -0.3 is 5.32 Å². The molecule has 0 aromatic heterocycles. The van der Waals surface area contributed by atoms with Crippen LogP contribution in [0.3, 0.4) is 0 Å². The van der Waals surface area contributed by atoms with Crippen molar-refractivity contribution in [2.75, 3.05) is 7.05 Å². The summed E-state index contributed by atoms with van der Waals surface area (Å²) in [6.07, 6.45) is 1.34. The summed E-state index contributed by atoms with van der Waals surface area (Å²) in [6, 6.07) is 4.63. The molecule has 0 aliphatic heterocycles. The largest absolute Gasteiger partial charge is 0.316 e. The molecule has 17 heavy (non-hydrogen) atoms. The van der Waals surface area contributed by atoms with E-state index in [9.17, 15) is 8.78 Å². The first-order valence-electron chi connectivity index (χ1n) is 5.96. The molecular formula is C14H21F2N. The number of hydrogen-bond donors (Lipinski definition) is 1. The number of benzene rings is 1. The number of aryl methyl sites for hydroxylation is 1. The number of rotatable bonds is 4. The Morgan fingerprint density at radius 2 is 1.88 bits per heavy atom. The minimum atomic E-state index is -0.765. The van der Waals surface area contributed by atoms with Gasteiger partial charge in [-0.05, 0) is 36.9 Å². The summed E-state index contributed by atoms with van der Waals surface area (Å²) in [4.78, 5) is 0. The van der Waals surface area contributed by atoms with Crippen LogP contribution in [0.5, 0.6) is 0 Å². The molecule has 0 saturated heterocycles. The highest BCUT2D eigenvalue weighted by Crippen LogP contribution is 2.23. The molecule has 0 amide bonds. The van der Waals surface area contributed by atoms with Gasteiger partial charge in [0, 0.05) is 6.04 Å². The smallest absolute Gasteiger partial charge is 0.162 e. The van der Waals surface area contributed by atoms with Gasteiger partial charge in [0.05, 0.1) is 0 Å². The second-order valence-corrected chi connectivity index (χ2v) is 5.46. The second kappa shape index (κ2) is 5.58. The average Bonchev–Trinajstić information content (AvgIpc) is 2.23. The molecule has 1 rings (SSSR count). The monoisotopic (exact) mass is 241 g/mol. The van der Waals surface area contributed by atoms with Crippen molar-refractivity contribution in [1.29, 1.82) is 0 Å². The zero-order valence-corrected chi connectivity index (χ0v) is 11.0. The molecule has 1 aromatic rings. The fourth-order valence-corrected chi connectivity index (χ4v) is 2.05. The predicted molar refractivity (Wildman–Crippen MR) is 67.0 cm³/mol. The summed E-state index contributed by atoms with van der Waals surface area (Å²) in [5, 5.41) is 3.23. The molecule has 0 saturated carbocycles. The SMILES string of the molecule is CNC(CCc1cccc(F)c1F)C(C)(C)C. The first-order chi connectivity index (χ1) is 7.86. The van der Waals surface area contributed by atoms with Gasteiger partial charge in [-0.25, -0.2) is 8.78 Å². The van der Waals surface area contributed by atoms with Crippen molar-refractivity contribution in [2.45, 2.75) is 39.7 Å². The van der Waals surface area contributed by atoms with Gasteiger partial charge in [0.25, 0.3) is 0 Å².